The summed E-state index contributed by atoms with van der Waals surface area (Å²) in [5, 5.41) is 12.7. The second-order valence-corrected chi connectivity index (χ2v) is 4.75. The molecule has 0 spiro atoms. The Morgan fingerprint density at radius 2 is 2.28 bits per heavy atom. The van der Waals surface area contributed by atoms with Crippen molar-refractivity contribution in [2.45, 2.75) is 38.7 Å². The van der Waals surface area contributed by atoms with Gasteiger partial charge in [0.1, 0.15) is 0 Å². The molecule has 1 aliphatic rings. The van der Waals surface area contributed by atoms with Gasteiger partial charge in [-0.3, -0.25) is 4.79 Å². The van der Waals surface area contributed by atoms with Gasteiger partial charge in [0.15, 0.2) is 0 Å². The molecule has 0 aliphatic heterocycles. The Hall–Kier alpha value is -0.650. The Bertz CT molecular complexity index is 231. The van der Waals surface area contributed by atoms with Crippen molar-refractivity contribution in [1.82, 2.24) is 5.32 Å². The molecule has 106 valence electrons. The van der Waals surface area contributed by atoms with E-state index in [1.807, 2.05) is 0 Å². The number of aliphatic hydroxyl groups is 1. The molecular weight excluding hydrogens is 234 g/mol. The van der Waals surface area contributed by atoms with E-state index in [9.17, 15) is 9.90 Å². The van der Waals surface area contributed by atoms with Crippen LogP contribution in [0.5, 0.6) is 0 Å². The average molecular weight is 259 g/mol. The minimum absolute atomic E-state index is 0.160. The fourth-order valence-electron chi connectivity index (χ4n) is 1.57. The van der Waals surface area contributed by atoms with Crippen LogP contribution in [0, 0.1) is 5.92 Å². The normalized spacial score (nSPS) is 16.6. The monoisotopic (exact) mass is 259 g/mol. The molecule has 1 unspecified atom stereocenters. The molecule has 1 fully saturated rings. The Balaban J connectivity index is 1.82. The molecular formula is C13H25NO4. The first-order valence-electron chi connectivity index (χ1n) is 6.84. The fraction of sp³-hybridized carbons (Fsp3) is 0.923. The summed E-state index contributed by atoms with van der Waals surface area (Å²) in [6.07, 6.45) is 3.22. The molecule has 0 amide bonds. The highest BCUT2D eigenvalue weighted by molar-refractivity contribution is 5.69. The van der Waals surface area contributed by atoms with Crippen LogP contribution in [0.25, 0.3) is 0 Å². The molecule has 2 N–H and O–H groups in total. The Labute approximate surface area is 109 Å². The maximum absolute atomic E-state index is 11.0. The lowest BCUT2D eigenvalue weighted by molar-refractivity contribution is -0.143. The predicted octanol–water partition coefficient (Wildman–Crippen LogP) is 0.707. The summed E-state index contributed by atoms with van der Waals surface area (Å²) in [6.45, 7) is 4.62. The van der Waals surface area contributed by atoms with Crippen LogP contribution in [-0.2, 0) is 14.3 Å². The van der Waals surface area contributed by atoms with Gasteiger partial charge in [-0.05, 0) is 38.6 Å². The van der Waals surface area contributed by atoms with Crippen molar-refractivity contribution in [2.24, 2.45) is 5.92 Å². The zero-order chi connectivity index (χ0) is 13.2. The van der Waals surface area contributed by atoms with E-state index in [1.54, 1.807) is 6.92 Å². The zero-order valence-corrected chi connectivity index (χ0v) is 11.2. The van der Waals surface area contributed by atoms with Gasteiger partial charge in [-0.1, -0.05) is 0 Å². The Morgan fingerprint density at radius 1 is 1.50 bits per heavy atom. The van der Waals surface area contributed by atoms with Gasteiger partial charge < -0.3 is 19.9 Å². The molecule has 1 rings (SSSR count). The van der Waals surface area contributed by atoms with Crippen molar-refractivity contribution in [2.75, 3.05) is 32.9 Å². The summed E-state index contributed by atoms with van der Waals surface area (Å²) in [5.74, 6) is 0.572. The molecule has 0 bridgehead atoms. The highest BCUT2D eigenvalue weighted by atomic mass is 16.5. The Morgan fingerprint density at radius 3 is 2.94 bits per heavy atom. The lowest BCUT2D eigenvalue weighted by Gasteiger charge is -2.12. The van der Waals surface area contributed by atoms with Crippen molar-refractivity contribution in [3.05, 3.63) is 0 Å². The third kappa shape index (κ3) is 8.44. The topological polar surface area (TPSA) is 67.8 Å². The van der Waals surface area contributed by atoms with Crippen LogP contribution in [0.3, 0.4) is 0 Å². The minimum Gasteiger partial charge on any atom is -0.466 e. The Kier molecular flexibility index (Phi) is 7.96. The van der Waals surface area contributed by atoms with Gasteiger partial charge in [0, 0.05) is 19.6 Å². The van der Waals surface area contributed by atoms with Crippen molar-refractivity contribution >= 4 is 5.97 Å². The predicted molar refractivity (Wildman–Crippen MR) is 68.3 cm³/mol. The maximum Gasteiger partial charge on any atom is 0.305 e. The number of esters is 1. The molecule has 1 saturated carbocycles. The van der Waals surface area contributed by atoms with Gasteiger partial charge in [0.2, 0.25) is 0 Å². The summed E-state index contributed by atoms with van der Waals surface area (Å²) >= 11 is 0. The highest BCUT2D eigenvalue weighted by Gasteiger charge is 2.21. The number of carbonyl (C=O) groups is 1. The van der Waals surface area contributed by atoms with Crippen molar-refractivity contribution in [3.8, 4) is 0 Å². The van der Waals surface area contributed by atoms with Gasteiger partial charge in [-0.15, -0.1) is 0 Å². The summed E-state index contributed by atoms with van der Waals surface area (Å²) in [6, 6.07) is 0. The molecule has 0 radical (unpaired) electrons. The third-order valence-corrected chi connectivity index (χ3v) is 2.78. The number of carbonyl (C=O) groups excluding carboxylic acids is 1. The molecule has 0 aromatic carbocycles. The van der Waals surface area contributed by atoms with E-state index in [0.29, 0.717) is 32.7 Å². The van der Waals surface area contributed by atoms with E-state index in [1.165, 1.54) is 12.8 Å². The second kappa shape index (κ2) is 9.30. The van der Waals surface area contributed by atoms with Gasteiger partial charge in [0.25, 0.3) is 0 Å². The molecule has 1 atom stereocenters. The number of ether oxygens (including phenoxy) is 2. The number of hydrogen-bond acceptors (Lipinski definition) is 5. The first-order valence-corrected chi connectivity index (χ1v) is 6.84. The quantitative estimate of drug-likeness (QED) is 0.422. The second-order valence-electron chi connectivity index (χ2n) is 4.75. The molecule has 0 saturated heterocycles. The lowest BCUT2D eigenvalue weighted by Crippen LogP contribution is -2.31. The highest BCUT2D eigenvalue weighted by Crippen LogP contribution is 2.28. The van der Waals surface area contributed by atoms with Crippen molar-refractivity contribution in [1.29, 1.82) is 0 Å². The van der Waals surface area contributed by atoms with E-state index in [0.717, 1.165) is 18.9 Å². The van der Waals surface area contributed by atoms with Gasteiger partial charge in [0.05, 0.1) is 19.3 Å². The van der Waals surface area contributed by atoms with Crippen molar-refractivity contribution in [3.63, 3.8) is 0 Å². The van der Waals surface area contributed by atoms with Crippen LogP contribution in [-0.4, -0.2) is 50.1 Å². The molecule has 0 aromatic rings. The van der Waals surface area contributed by atoms with E-state index in [2.05, 4.69) is 5.32 Å². The first-order chi connectivity index (χ1) is 8.72. The number of hydrogen-bond donors (Lipinski definition) is 2. The summed E-state index contributed by atoms with van der Waals surface area (Å²) in [7, 11) is 0. The van der Waals surface area contributed by atoms with Gasteiger partial charge in [-0.25, -0.2) is 0 Å². The number of nitrogens with one attached hydrogen (secondary N) is 1. The molecule has 0 heterocycles. The summed E-state index contributed by atoms with van der Waals surface area (Å²) < 4.78 is 10.2. The van der Waals surface area contributed by atoms with E-state index < -0.39 is 6.10 Å². The summed E-state index contributed by atoms with van der Waals surface area (Å²) in [5.41, 5.74) is 0. The van der Waals surface area contributed by atoms with Crippen LogP contribution in [0.1, 0.15) is 32.6 Å². The third-order valence-electron chi connectivity index (χ3n) is 2.78. The van der Waals surface area contributed by atoms with Crippen LogP contribution >= 0.6 is 0 Å². The van der Waals surface area contributed by atoms with Gasteiger partial charge in [-0.2, -0.15) is 0 Å². The first kappa shape index (κ1) is 15.4. The number of aliphatic hydroxyl groups excluding tert-OH is 1. The summed E-state index contributed by atoms with van der Waals surface area (Å²) in [4.78, 5) is 11.0. The van der Waals surface area contributed by atoms with Crippen LogP contribution in [0.2, 0.25) is 0 Å². The number of rotatable bonds is 11. The van der Waals surface area contributed by atoms with Crippen LogP contribution in [0.15, 0.2) is 0 Å². The maximum atomic E-state index is 11.0. The van der Waals surface area contributed by atoms with Gasteiger partial charge >= 0.3 is 5.97 Å². The standard InChI is InChI=1S/C13H25NO4/c1-2-18-13(16)4-3-7-14-8-12(15)10-17-9-11-5-6-11/h11-12,14-15H,2-10H2,1H3. The smallest absolute Gasteiger partial charge is 0.305 e. The minimum atomic E-state index is -0.466. The van der Waals surface area contributed by atoms with E-state index >= 15 is 0 Å². The van der Waals surface area contributed by atoms with E-state index in [-0.39, 0.29) is 5.97 Å². The fourth-order valence-corrected chi connectivity index (χ4v) is 1.57. The van der Waals surface area contributed by atoms with Crippen LogP contribution in [0.4, 0.5) is 0 Å². The molecule has 5 heteroatoms. The van der Waals surface area contributed by atoms with E-state index in [4.69, 9.17) is 9.47 Å². The lowest BCUT2D eigenvalue weighted by atomic mass is 10.3. The molecule has 1 aliphatic carbocycles. The average Bonchev–Trinajstić information content (AvgIpc) is 3.13. The van der Waals surface area contributed by atoms with Crippen molar-refractivity contribution < 1.29 is 19.4 Å². The molecule has 5 nitrogen and oxygen atoms in total. The largest absolute Gasteiger partial charge is 0.466 e. The SMILES string of the molecule is CCOC(=O)CCCNCC(O)COCC1CC1. The molecule has 18 heavy (non-hydrogen) atoms. The van der Waals surface area contributed by atoms with Crippen LogP contribution < -0.4 is 5.32 Å². The molecule has 0 aromatic heterocycles. The zero-order valence-electron chi connectivity index (χ0n) is 11.2.